The van der Waals surface area contributed by atoms with Gasteiger partial charge in [0.2, 0.25) is 0 Å². The van der Waals surface area contributed by atoms with Crippen molar-refractivity contribution in [2.24, 2.45) is 0 Å². The van der Waals surface area contributed by atoms with Crippen molar-refractivity contribution in [1.29, 1.82) is 0 Å². The van der Waals surface area contributed by atoms with E-state index in [0.717, 1.165) is 40.4 Å². The topological polar surface area (TPSA) is 6.48 Å². The van der Waals surface area contributed by atoms with E-state index in [1.165, 1.54) is 66.9 Å². The number of hydrogen-bond donors (Lipinski definition) is 0. The summed E-state index contributed by atoms with van der Waals surface area (Å²) in [5.41, 5.74) is 21.3. The van der Waals surface area contributed by atoms with Crippen LogP contribution in [0.2, 0.25) is 0 Å². The van der Waals surface area contributed by atoms with Crippen molar-refractivity contribution in [2.45, 2.75) is 34.1 Å². The van der Waals surface area contributed by atoms with Crippen LogP contribution in [-0.2, 0) is 6.42 Å². The number of allylic oxidation sites excluding steroid dienone is 5. The molecule has 69 heavy (non-hydrogen) atoms. The molecule has 336 valence electrons. The number of rotatable bonds is 15. The van der Waals surface area contributed by atoms with Gasteiger partial charge >= 0.3 is 0 Å². The molecule has 0 aliphatic carbocycles. The molecule has 0 radical (unpaired) electrons. The predicted molar refractivity (Wildman–Crippen MR) is 298 cm³/mol. The largest absolute Gasteiger partial charge is 0.310 e. The Morgan fingerprint density at radius 2 is 0.667 bits per heavy atom. The Morgan fingerprint density at radius 3 is 1.07 bits per heavy atom. The van der Waals surface area contributed by atoms with Crippen molar-refractivity contribution in [3.05, 3.63) is 293 Å². The van der Waals surface area contributed by atoms with E-state index in [1.807, 2.05) is 6.07 Å². The van der Waals surface area contributed by atoms with Crippen LogP contribution in [0.1, 0.15) is 44.5 Å². The summed E-state index contributed by atoms with van der Waals surface area (Å²) in [6.45, 7) is 8.70. The minimum Gasteiger partial charge on any atom is -0.310 e. The van der Waals surface area contributed by atoms with Crippen LogP contribution in [0.3, 0.4) is 0 Å². The normalized spacial score (nSPS) is 11.6. The van der Waals surface area contributed by atoms with Crippen molar-refractivity contribution in [3.63, 3.8) is 0 Å². The van der Waals surface area contributed by atoms with Crippen LogP contribution in [0.4, 0.5) is 34.1 Å². The Kier molecular flexibility index (Phi) is 14.5. The fourth-order valence-corrected chi connectivity index (χ4v) is 8.87. The molecule has 0 fully saturated rings. The Morgan fingerprint density at radius 1 is 0.319 bits per heavy atom. The minimum atomic E-state index is 0.913. The van der Waals surface area contributed by atoms with Crippen molar-refractivity contribution in [3.8, 4) is 22.3 Å². The third-order valence-electron chi connectivity index (χ3n) is 12.5. The Balaban J connectivity index is 0.908. The van der Waals surface area contributed by atoms with Crippen molar-refractivity contribution >= 4 is 52.4 Å². The van der Waals surface area contributed by atoms with E-state index in [4.69, 9.17) is 0 Å². The van der Waals surface area contributed by atoms with Crippen molar-refractivity contribution in [2.75, 3.05) is 9.80 Å². The van der Waals surface area contributed by atoms with Gasteiger partial charge in [0.15, 0.2) is 0 Å². The van der Waals surface area contributed by atoms with Crippen molar-refractivity contribution < 1.29 is 0 Å². The molecule has 0 bridgehead atoms. The Bertz CT molecular complexity index is 3210. The van der Waals surface area contributed by atoms with Gasteiger partial charge in [-0.2, -0.15) is 0 Å². The Hall–Kier alpha value is -8.46. The van der Waals surface area contributed by atoms with Gasteiger partial charge in [0, 0.05) is 34.1 Å². The summed E-state index contributed by atoms with van der Waals surface area (Å²) in [7, 11) is 0. The number of benzene rings is 9. The summed E-state index contributed by atoms with van der Waals surface area (Å²) in [4.78, 5) is 4.72. The van der Waals surface area contributed by atoms with Gasteiger partial charge in [-0.3, -0.25) is 0 Å². The average Bonchev–Trinajstić information content (AvgIpc) is 3.38. The number of anilines is 6. The first-order valence-electron chi connectivity index (χ1n) is 23.9. The second-order valence-electron chi connectivity index (χ2n) is 17.7. The van der Waals surface area contributed by atoms with Gasteiger partial charge in [0.05, 0.1) is 0 Å². The van der Waals surface area contributed by atoms with E-state index in [0.29, 0.717) is 0 Å². The molecule has 0 heterocycles. The van der Waals surface area contributed by atoms with Gasteiger partial charge in [-0.15, -0.1) is 0 Å². The van der Waals surface area contributed by atoms with Crippen LogP contribution in [0, 0.1) is 27.7 Å². The first-order chi connectivity index (χ1) is 33.8. The lowest BCUT2D eigenvalue weighted by atomic mass is 9.99. The molecule has 9 rings (SSSR count). The molecule has 0 saturated carbocycles. The zero-order chi connectivity index (χ0) is 47.4. The molecular formula is C67H58N2. The second kappa shape index (κ2) is 21.9. The number of hydrogen-bond acceptors (Lipinski definition) is 2. The van der Waals surface area contributed by atoms with Gasteiger partial charge in [-0.25, -0.2) is 0 Å². The van der Waals surface area contributed by atoms with E-state index in [1.54, 1.807) is 0 Å². The molecule has 0 atom stereocenters. The summed E-state index contributed by atoms with van der Waals surface area (Å²) >= 11 is 0. The maximum atomic E-state index is 2.36. The zero-order valence-electron chi connectivity index (χ0n) is 40.0. The summed E-state index contributed by atoms with van der Waals surface area (Å²) in [5, 5.41) is 0. The van der Waals surface area contributed by atoms with Crippen LogP contribution in [-0.4, -0.2) is 0 Å². The minimum absolute atomic E-state index is 0.913. The van der Waals surface area contributed by atoms with Crippen molar-refractivity contribution in [1.82, 2.24) is 0 Å². The predicted octanol–water partition coefficient (Wildman–Crippen LogP) is 18.7. The fourth-order valence-electron chi connectivity index (χ4n) is 8.87. The monoisotopic (exact) mass is 890 g/mol. The number of nitrogens with zero attached hydrogens (tertiary/aromatic N) is 2. The zero-order valence-corrected chi connectivity index (χ0v) is 40.0. The molecule has 0 saturated heterocycles. The van der Waals surface area contributed by atoms with E-state index >= 15 is 0 Å². The fraction of sp³-hybridized carbons (Fsp3) is 0.0746. The first-order valence-corrected chi connectivity index (χ1v) is 23.9. The molecule has 0 aromatic heterocycles. The number of aryl methyl sites for hydroxylation is 4. The molecule has 0 N–H and O–H groups in total. The lowest BCUT2D eigenvalue weighted by Crippen LogP contribution is -2.11. The van der Waals surface area contributed by atoms with E-state index in [9.17, 15) is 0 Å². The highest BCUT2D eigenvalue weighted by molar-refractivity contribution is 5.83. The summed E-state index contributed by atoms with van der Waals surface area (Å²) in [6, 6.07) is 78.8. The second-order valence-corrected chi connectivity index (χ2v) is 17.7. The molecular weight excluding hydrogens is 833 g/mol. The molecule has 2 heteroatoms. The highest BCUT2D eigenvalue weighted by Crippen LogP contribution is 2.40. The molecule has 0 amide bonds. The third kappa shape index (κ3) is 11.6. The highest BCUT2D eigenvalue weighted by Gasteiger charge is 2.17. The van der Waals surface area contributed by atoms with Gasteiger partial charge < -0.3 is 9.80 Å². The maximum Gasteiger partial charge on any atom is 0.0490 e. The van der Waals surface area contributed by atoms with Gasteiger partial charge in [-0.05, 0) is 150 Å². The van der Waals surface area contributed by atoms with Crippen LogP contribution < -0.4 is 9.80 Å². The van der Waals surface area contributed by atoms with E-state index in [2.05, 4.69) is 298 Å². The molecule has 9 aromatic carbocycles. The lowest BCUT2D eigenvalue weighted by Gasteiger charge is -2.27. The summed E-state index contributed by atoms with van der Waals surface area (Å²) in [5.74, 6) is 0. The third-order valence-corrected chi connectivity index (χ3v) is 12.5. The Labute approximate surface area is 409 Å². The maximum absolute atomic E-state index is 2.36. The van der Waals surface area contributed by atoms with E-state index < -0.39 is 0 Å². The van der Waals surface area contributed by atoms with Crippen LogP contribution >= 0.6 is 0 Å². The molecule has 0 aliphatic heterocycles. The molecule has 0 unspecified atom stereocenters. The molecule has 2 nitrogen and oxygen atoms in total. The standard InChI is InChI=1S/C67H58N2/c1-50-24-46-66(52(3)48-50)68(62-38-26-56(27-39-62)21-10-6-5-9-16-54-17-11-7-12-18-54)64-42-34-60(35-43-64)58-30-32-59(33-31-58)61-36-44-65(45-37-61)69(67-47-25-51(2)49-53(67)4)63-40-28-57(29-41-63)23-15-22-55-19-13-8-14-20-55/h5-21,23-49H,22H2,1-4H3/b6-5?,16-9?,21-10?,23-15-. The quantitative estimate of drug-likeness (QED) is 0.0946. The SMILES string of the molecule is Cc1ccc(N(c2ccc(C=CC=CC=Cc3ccccc3)cc2)c2ccc(-c3ccc(-c4ccc(N(c5ccc(/C=C\Cc6ccccc6)cc5)c5ccc(C)cc5C)cc4)cc3)cc2)c(C)c1. The average molecular weight is 891 g/mol. The van der Waals surface area contributed by atoms with Crippen LogP contribution in [0.15, 0.2) is 249 Å². The van der Waals surface area contributed by atoms with Gasteiger partial charge in [0.25, 0.3) is 0 Å². The molecule has 9 aromatic rings. The lowest BCUT2D eigenvalue weighted by molar-refractivity contribution is 1.24. The first kappa shape index (κ1) is 45.7. The summed E-state index contributed by atoms with van der Waals surface area (Å²) < 4.78 is 0. The van der Waals surface area contributed by atoms with E-state index in [-0.39, 0.29) is 0 Å². The van der Waals surface area contributed by atoms with Gasteiger partial charge in [0.1, 0.15) is 0 Å². The molecule has 0 aliphatic rings. The smallest absolute Gasteiger partial charge is 0.0490 e. The highest BCUT2D eigenvalue weighted by atomic mass is 15.1. The van der Waals surface area contributed by atoms with Crippen LogP contribution in [0.5, 0.6) is 0 Å². The summed E-state index contributed by atoms with van der Waals surface area (Å²) in [6.07, 6.45) is 17.9. The van der Waals surface area contributed by atoms with Gasteiger partial charge in [-0.1, -0.05) is 217 Å². The van der Waals surface area contributed by atoms with Crippen LogP contribution in [0.25, 0.3) is 40.5 Å². The molecule has 0 spiro atoms.